The number of ether oxygens (including phenoxy) is 2. The Labute approximate surface area is 160 Å². The van der Waals surface area contributed by atoms with E-state index in [-0.39, 0.29) is 23.6 Å². The van der Waals surface area contributed by atoms with Gasteiger partial charge < -0.3 is 19.7 Å². The number of hydrogen-bond acceptors (Lipinski definition) is 3. The van der Waals surface area contributed by atoms with Gasteiger partial charge in [-0.3, -0.25) is 0 Å². The van der Waals surface area contributed by atoms with E-state index in [1.807, 2.05) is 0 Å². The fraction of sp³-hybridized carbons (Fsp3) is 0.316. The number of benzene rings is 2. The largest absolute Gasteiger partial charge is 0.488 e. The van der Waals surface area contributed by atoms with Crippen molar-refractivity contribution in [2.75, 3.05) is 18.4 Å². The molecule has 0 bridgehead atoms. The first-order valence-corrected chi connectivity index (χ1v) is 8.83. The van der Waals surface area contributed by atoms with Crippen LogP contribution in [0.5, 0.6) is 11.5 Å². The normalized spacial score (nSPS) is 16.5. The molecule has 2 aromatic rings. The molecular weight excluding hydrogens is 378 g/mol. The molecule has 2 amide bonds. The highest BCUT2D eigenvalue weighted by atomic mass is 35.5. The van der Waals surface area contributed by atoms with E-state index in [9.17, 15) is 13.6 Å². The van der Waals surface area contributed by atoms with E-state index in [2.05, 4.69) is 10.1 Å². The number of rotatable bonds is 5. The van der Waals surface area contributed by atoms with Crippen LogP contribution in [0.2, 0.25) is 5.02 Å². The third kappa shape index (κ3) is 5.01. The Morgan fingerprint density at radius 1 is 1.30 bits per heavy atom. The molecular formula is C19H19ClF2N2O3. The van der Waals surface area contributed by atoms with Gasteiger partial charge >= 0.3 is 12.6 Å². The summed E-state index contributed by atoms with van der Waals surface area (Å²) in [5, 5.41) is 3.25. The zero-order valence-corrected chi connectivity index (χ0v) is 15.4. The van der Waals surface area contributed by atoms with Crippen molar-refractivity contribution in [1.82, 2.24) is 4.90 Å². The monoisotopic (exact) mass is 396 g/mol. The quantitative estimate of drug-likeness (QED) is 0.779. The maximum atomic E-state index is 12.6. The maximum absolute atomic E-state index is 12.6. The van der Waals surface area contributed by atoms with Gasteiger partial charge in [0.1, 0.15) is 17.6 Å². The van der Waals surface area contributed by atoms with Crippen LogP contribution in [0, 0.1) is 6.92 Å². The highest BCUT2D eigenvalue weighted by molar-refractivity contribution is 6.30. The third-order valence-electron chi connectivity index (χ3n) is 4.21. The topological polar surface area (TPSA) is 50.8 Å². The second-order valence-electron chi connectivity index (χ2n) is 6.19. The molecule has 0 saturated carbocycles. The molecule has 0 aliphatic carbocycles. The van der Waals surface area contributed by atoms with Crippen LogP contribution in [0.3, 0.4) is 0 Å². The summed E-state index contributed by atoms with van der Waals surface area (Å²) in [5.41, 5.74) is 0.870. The fourth-order valence-electron chi connectivity index (χ4n) is 2.92. The molecule has 144 valence electrons. The second kappa shape index (κ2) is 8.43. The molecule has 1 atom stereocenters. The molecule has 1 saturated heterocycles. The first kappa shape index (κ1) is 19.2. The molecule has 1 N–H and O–H groups in total. The van der Waals surface area contributed by atoms with Crippen molar-refractivity contribution < 1.29 is 23.0 Å². The van der Waals surface area contributed by atoms with E-state index in [1.54, 1.807) is 48.2 Å². The smallest absolute Gasteiger partial charge is 0.387 e. The summed E-state index contributed by atoms with van der Waals surface area (Å²) in [6.45, 7) is -0.378. The average Bonchev–Trinajstić information content (AvgIpc) is 3.06. The predicted octanol–water partition coefficient (Wildman–Crippen LogP) is 4.94. The van der Waals surface area contributed by atoms with Crippen molar-refractivity contribution in [2.24, 2.45) is 0 Å². The Morgan fingerprint density at radius 3 is 2.81 bits per heavy atom. The average molecular weight is 397 g/mol. The number of aryl methyl sites for hydroxylation is 1. The molecule has 5 nitrogen and oxygen atoms in total. The molecule has 27 heavy (non-hydrogen) atoms. The van der Waals surface area contributed by atoms with Crippen LogP contribution in [0.1, 0.15) is 12.0 Å². The minimum atomic E-state index is -2.97. The number of amides is 2. The van der Waals surface area contributed by atoms with E-state index in [0.29, 0.717) is 35.8 Å². The first-order chi connectivity index (χ1) is 12.9. The first-order valence-electron chi connectivity index (χ1n) is 8.45. The number of urea groups is 1. The standard InChI is InChI=1S/C19H19ClF2N2O3/c1-12-4-2-7-16(27-18(21)22)17(12)23-19(25)24-9-8-15(11-24)26-14-6-3-5-13(20)10-14/h2-7,10,15,18H,8-9,11H2,1H3,(H,23,25). The number of likely N-dealkylation sites (tertiary alicyclic amines) is 1. The zero-order valence-electron chi connectivity index (χ0n) is 14.6. The SMILES string of the molecule is Cc1cccc(OC(F)F)c1NC(=O)N1CCC(Oc2cccc(Cl)c2)C1. The number of alkyl halides is 2. The van der Waals surface area contributed by atoms with Gasteiger partial charge in [0.05, 0.1) is 12.2 Å². The van der Waals surface area contributed by atoms with Gasteiger partial charge in [-0.2, -0.15) is 8.78 Å². The van der Waals surface area contributed by atoms with Gasteiger partial charge in [-0.05, 0) is 36.8 Å². The predicted molar refractivity (Wildman–Crippen MR) is 98.9 cm³/mol. The van der Waals surface area contributed by atoms with Crippen LogP contribution in [0.15, 0.2) is 42.5 Å². The zero-order chi connectivity index (χ0) is 19.4. The lowest BCUT2D eigenvalue weighted by molar-refractivity contribution is -0.0493. The van der Waals surface area contributed by atoms with Crippen molar-refractivity contribution in [3.8, 4) is 11.5 Å². The summed E-state index contributed by atoms with van der Waals surface area (Å²) < 4.78 is 35.5. The molecule has 0 aromatic heterocycles. The Bertz CT molecular complexity index is 819. The summed E-state index contributed by atoms with van der Waals surface area (Å²) in [5.74, 6) is 0.575. The molecule has 1 aliphatic heterocycles. The van der Waals surface area contributed by atoms with Gasteiger partial charge in [0.25, 0.3) is 0 Å². The van der Waals surface area contributed by atoms with E-state index in [4.69, 9.17) is 16.3 Å². The second-order valence-corrected chi connectivity index (χ2v) is 6.63. The van der Waals surface area contributed by atoms with Crippen LogP contribution < -0.4 is 14.8 Å². The molecule has 0 spiro atoms. The summed E-state index contributed by atoms with van der Waals surface area (Å²) in [4.78, 5) is 14.1. The molecule has 0 radical (unpaired) electrons. The van der Waals surface area contributed by atoms with E-state index >= 15 is 0 Å². The van der Waals surface area contributed by atoms with E-state index in [0.717, 1.165) is 0 Å². The number of hydrogen-bond donors (Lipinski definition) is 1. The molecule has 1 aliphatic rings. The molecule has 8 heteroatoms. The third-order valence-corrected chi connectivity index (χ3v) is 4.45. The summed E-state index contributed by atoms with van der Waals surface area (Å²) in [6.07, 6.45) is 0.497. The molecule has 1 fully saturated rings. The highest BCUT2D eigenvalue weighted by Gasteiger charge is 2.28. The summed E-state index contributed by atoms with van der Waals surface area (Å²) in [7, 11) is 0. The van der Waals surface area contributed by atoms with Gasteiger partial charge in [-0.25, -0.2) is 4.79 Å². The summed E-state index contributed by atoms with van der Waals surface area (Å²) in [6, 6.07) is 11.4. The number of carbonyl (C=O) groups excluding carboxylic acids is 1. The lowest BCUT2D eigenvalue weighted by Gasteiger charge is -2.20. The fourth-order valence-corrected chi connectivity index (χ4v) is 3.10. The molecule has 3 rings (SSSR count). The number of carbonyl (C=O) groups is 1. The van der Waals surface area contributed by atoms with Crippen LogP contribution >= 0.6 is 11.6 Å². The van der Waals surface area contributed by atoms with Gasteiger partial charge in [0, 0.05) is 18.0 Å². The van der Waals surface area contributed by atoms with Crippen molar-refractivity contribution in [3.63, 3.8) is 0 Å². The van der Waals surface area contributed by atoms with Gasteiger partial charge in [0.15, 0.2) is 0 Å². The molecule has 1 unspecified atom stereocenters. The lowest BCUT2D eigenvalue weighted by Crippen LogP contribution is -2.34. The Kier molecular flexibility index (Phi) is 6.01. The Hall–Kier alpha value is -2.54. The molecule has 2 aromatic carbocycles. The van der Waals surface area contributed by atoms with E-state index < -0.39 is 6.61 Å². The van der Waals surface area contributed by atoms with Crippen molar-refractivity contribution >= 4 is 23.3 Å². The minimum Gasteiger partial charge on any atom is -0.488 e. The van der Waals surface area contributed by atoms with Gasteiger partial charge in [0.2, 0.25) is 0 Å². The maximum Gasteiger partial charge on any atom is 0.387 e. The lowest BCUT2D eigenvalue weighted by atomic mass is 10.2. The number of para-hydroxylation sites is 1. The van der Waals surface area contributed by atoms with Crippen LogP contribution in [-0.4, -0.2) is 36.7 Å². The van der Waals surface area contributed by atoms with Gasteiger partial charge in [-0.1, -0.05) is 29.8 Å². The number of anilines is 1. The Balaban J connectivity index is 1.63. The van der Waals surface area contributed by atoms with Crippen molar-refractivity contribution in [2.45, 2.75) is 26.1 Å². The minimum absolute atomic E-state index is 0.0655. The number of nitrogens with zero attached hydrogens (tertiary/aromatic N) is 1. The Morgan fingerprint density at radius 2 is 2.07 bits per heavy atom. The number of nitrogens with one attached hydrogen (secondary N) is 1. The van der Waals surface area contributed by atoms with E-state index in [1.165, 1.54) is 6.07 Å². The van der Waals surface area contributed by atoms with Crippen molar-refractivity contribution in [1.29, 1.82) is 0 Å². The highest BCUT2D eigenvalue weighted by Crippen LogP contribution is 2.30. The van der Waals surface area contributed by atoms with Gasteiger partial charge in [-0.15, -0.1) is 0 Å². The number of halogens is 3. The van der Waals surface area contributed by atoms with Crippen LogP contribution in [0.4, 0.5) is 19.3 Å². The summed E-state index contributed by atoms with van der Waals surface area (Å²) >= 11 is 5.95. The van der Waals surface area contributed by atoms with Crippen LogP contribution in [-0.2, 0) is 0 Å². The molecule has 1 heterocycles. The van der Waals surface area contributed by atoms with Crippen LogP contribution in [0.25, 0.3) is 0 Å². The van der Waals surface area contributed by atoms with Crippen molar-refractivity contribution in [3.05, 3.63) is 53.1 Å².